The van der Waals surface area contributed by atoms with E-state index >= 15 is 0 Å². The molecule has 1 aromatic rings. The average Bonchev–Trinajstić information content (AvgIpc) is 2.65. The summed E-state index contributed by atoms with van der Waals surface area (Å²) in [6, 6.07) is 6.05. The minimum atomic E-state index is -0.852. The largest absolute Gasteiger partial charge is 0.480 e. The van der Waals surface area contributed by atoms with Gasteiger partial charge >= 0.3 is 5.97 Å². The lowest BCUT2D eigenvalue weighted by Gasteiger charge is -2.24. The predicted octanol–water partition coefficient (Wildman–Crippen LogP) is 1.87. The Morgan fingerprint density at radius 1 is 1.65 bits per heavy atom. The first-order valence-electron chi connectivity index (χ1n) is 5.38. The molecule has 2 N–H and O–H groups in total. The van der Waals surface area contributed by atoms with Crippen molar-refractivity contribution in [2.24, 2.45) is 0 Å². The van der Waals surface area contributed by atoms with E-state index in [0.29, 0.717) is 17.7 Å². The van der Waals surface area contributed by atoms with E-state index in [1.807, 2.05) is 6.92 Å². The summed E-state index contributed by atoms with van der Waals surface area (Å²) in [5, 5.41) is 12.0. The van der Waals surface area contributed by atoms with Gasteiger partial charge < -0.3 is 5.11 Å². The van der Waals surface area contributed by atoms with Crippen molar-refractivity contribution >= 4 is 17.7 Å². The molecule has 0 aromatic heterocycles. The molecule has 0 spiro atoms. The summed E-state index contributed by atoms with van der Waals surface area (Å²) >= 11 is 1.53. The molecule has 0 aliphatic carbocycles. The first-order valence-corrected chi connectivity index (χ1v) is 6.37. The van der Waals surface area contributed by atoms with Gasteiger partial charge in [-0.25, -0.2) is 4.39 Å². The second kappa shape index (κ2) is 4.66. The number of aliphatic carboxylic acids is 1. The zero-order valence-electron chi connectivity index (χ0n) is 9.44. The molecule has 1 aromatic carbocycles. The third-order valence-corrected chi connectivity index (χ3v) is 4.23. The Kier molecular flexibility index (Phi) is 3.40. The number of carbonyl (C=O) groups is 1. The molecule has 1 aliphatic rings. The summed E-state index contributed by atoms with van der Waals surface area (Å²) in [6.07, 6.45) is 0.480. The first-order chi connectivity index (χ1) is 8.00. The normalized spacial score (nSPS) is 28.2. The van der Waals surface area contributed by atoms with Crippen LogP contribution >= 0.6 is 11.8 Å². The topological polar surface area (TPSA) is 49.3 Å². The van der Waals surface area contributed by atoms with E-state index in [1.54, 1.807) is 18.2 Å². The Bertz CT molecular complexity index is 440. The monoisotopic (exact) mass is 255 g/mol. The highest BCUT2D eigenvalue weighted by atomic mass is 32.2. The maximum absolute atomic E-state index is 13.5. The van der Waals surface area contributed by atoms with Gasteiger partial charge in [0.2, 0.25) is 0 Å². The number of nitrogens with one attached hydrogen (secondary N) is 1. The molecule has 0 bridgehead atoms. The van der Waals surface area contributed by atoms with Gasteiger partial charge in [0.25, 0.3) is 0 Å². The van der Waals surface area contributed by atoms with Crippen LogP contribution in [0.5, 0.6) is 0 Å². The van der Waals surface area contributed by atoms with Crippen molar-refractivity contribution in [3.8, 4) is 0 Å². The van der Waals surface area contributed by atoms with Gasteiger partial charge in [-0.1, -0.05) is 18.2 Å². The van der Waals surface area contributed by atoms with E-state index in [1.165, 1.54) is 17.8 Å². The minimum Gasteiger partial charge on any atom is -0.480 e. The lowest BCUT2D eigenvalue weighted by Crippen LogP contribution is -2.44. The third-order valence-electron chi connectivity index (χ3n) is 2.83. The van der Waals surface area contributed by atoms with Crippen molar-refractivity contribution in [3.05, 3.63) is 35.6 Å². The quantitative estimate of drug-likeness (QED) is 0.865. The maximum atomic E-state index is 13.5. The SMILES string of the molecule is CC1(Cc2ccccc2F)NC(C(=O)O)CS1. The van der Waals surface area contributed by atoms with E-state index in [-0.39, 0.29) is 5.82 Å². The lowest BCUT2D eigenvalue weighted by atomic mass is 10.1. The van der Waals surface area contributed by atoms with Crippen molar-refractivity contribution in [2.75, 3.05) is 5.75 Å². The van der Waals surface area contributed by atoms with Crippen LogP contribution in [-0.2, 0) is 11.2 Å². The summed E-state index contributed by atoms with van der Waals surface area (Å²) in [7, 11) is 0. The fourth-order valence-corrected chi connectivity index (χ4v) is 3.20. The van der Waals surface area contributed by atoms with Crippen LogP contribution in [0.3, 0.4) is 0 Å². The number of carboxylic acids is 1. The van der Waals surface area contributed by atoms with E-state index in [0.717, 1.165) is 0 Å². The van der Waals surface area contributed by atoms with E-state index in [9.17, 15) is 9.18 Å². The predicted molar refractivity (Wildman–Crippen MR) is 65.5 cm³/mol. The van der Waals surface area contributed by atoms with Gasteiger partial charge in [-0.3, -0.25) is 10.1 Å². The molecule has 1 heterocycles. The van der Waals surface area contributed by atoms with Crippen LogP contribution in [-0.4, -0.2) is 27.7 Å². The van der Waals surface area contributed by atoms with Gasteiger partial charge in [-0.2, -0.15) is 0 Å². The molecule has 0 radical (unpaired) electrons. The second-order valence-corrected chi connectivity index (χ2v) is 5.87. The molecular formula is C12H14FNO2S. The van der Waals surface area contributed by atoms with Crippen molar-refractivity contribution < 1.29 is 14.3 Å². The Balaban J connectivity index is 2.09. The molecule has 92 valence electrons. The number of hydrogen-bond acceptors (Lipinski definition) is 3. The second-order valence-electron chi connectivity index (χ2n) is 4.35. The standard InChI is InChI=1S/C12H14FNO2S/c1-12(14-10(7-17-12)11(15)16)6-8-4-2-3-5-9(8)13/h2-5,10,14H,6-7H2,1H3,(H,15,16). The van der Waals surface area contributed by atoms with Gasteiger partial charge in [0.1, 0.15) is 11.9 Å². The van der Waals surface area contributed by atoms with E-state index < -0.39 is 16.9 Å². The Morgan fingerprint density at radius 2 is 2.35 bits per heavy atom. The number of halogens is 1. The zero-order valence-corrected chi connectivity index (χ0v) is 10.3. The summed E-state index contributed by atoms with van der Waals surface area (Å²) in [4.78, 5) is 10.4. The molecule has 2 unspecified atom stereocenters. The van der Waals surface area contributed by atoms with Crippen LogP contribution < -0.4 is 5.32 Å². The van der Waals surface area contributed by atoms with Gasteiger partial charge in [0.05, 0.1) is 4.87 Å². The molecule has 3 nitrogen and oxygen atoms in total. The minimum absolute atomic E-state index is 0.241. The first kappa shape index (κ1) is 12.4. The van der Waals surface area contributed by atoms with E-state index in [4.69, 9.17) is 5.11 Å². The van der Waals surface area contributed by atoms with Crippen molar-refractivity contribution in [2.45, 2.75) is 24.3 Å². The fourth-order valence-electron chi connectivity index (χ4n) is 1.96. The van der Waals surface area contributed by atoms with Gasteiger partial charge in [-0.15, -0.1) is 11.8 Å². The fraction of sp³-hybridized carbons (Fsp3) is 0.417. The highest BCUT2D eigenvalue weighted by molar-refractivity contribution is 8.00. The molecule has 5 heteroatoms. The molecule has 0 amide bonds. The Morgan fingerprint density at radius 3 is 2.94 bits per heavy atom. The highest BCUT2D eigenvalue weighted by Crippen LogP contribution is 2.33. The molecule has 0 saturated carbocycles. The molecule has 1 aliphatic heterocycles. The van der Waals surface area contributed by atoms with Crippen molar-refractivity contribution in [3.63, 3.8) is 0 Å². The highest BCUT2D eigenvalue weighted by Gasteiger charge is 2.38. The van der Waals surface area contributed by atoms with Crippen LogP contribution in [0.2, 0.25) is 0 Å². The van der Waals surface area contributed by atoms with Crippen LogP contribution in [0, 0.1) is 5.82 Å². The number of thioether (sulfide) groups is 1. The number of rotatable bonds is 3. The van der Waals surface area contributed by atoms with Crippen LogP contribution in [0.4, 0.5) is 4.39 Å². The van der Waals surface area contributed by atoms with Gasteiger partial charge in [0, 0.05) is 12.2 Å². The summed E-state index contributed by atoms with van der Waals surface area (Å²) in [5.74, 6) is -0.579. The Labute approximate surface area is 103 Å². The molecule has 17 heavy (non-hydrogen) atoms. The van der Waals surface area contributed by atoms with Crippen molar-refractivity contribution in [1.29, 1.82) is 0 Å². The average molecular weight is 255 g/mol. The lowest BCUT2D eigenvalue weighted by molar-refractivity contribution is -0.138. The molecular weight excluding hydrogens is 241 g/mol. The summed E-state index contributed by atoms with van der Waals surface area (Å²) in [5.41, 5.74) is 0.612. The maximum Gasteiger partial charge on any atom is 0.321 e. The molecule has 2 atom stereocenters. The molecule has 2 rings (SSSR count). The number of hydrogen-bond donors (Lipinski definition) is 2. The summed E-state index contributed by atoms with van der Waals surface area (Å²) < 4.78 is 13.5. The molecule has 1 saturated heterocycles. The number of carboxylic acid groups (broad SMARTS) is 1. The third kappa shape index (κ3) is 2.79. The summed E-state index contributed by atoms with van der Waals surface area (Å²) in [6.45, 7) is 1.91. The van der Waals surface area contributed by atoms with E-state index in [2.05, 4.69) is 5.32 Å². The zero-order chi connectivity index (χ0) is 12.5. The van der Waals surface area contributed by atoms with Gasteiger partial charge in [0.15, 0.2) is 0 Å². The van der Waals surface area contributed by atoms with Crippen molar-refractivity contribution in [1.82, 2.24) is 5.32 Å². The number of benzene rings is 1. The smallest absolute Gasteiger partial charge is 0.321 e. The van der Waals surface area contributed by atoms with Crippen LogP contribution in [0.15, 0.2) is 24.3 Å². The van der Waals surface area contributed by atoms with Crippen LogP contribution in [0.25, 0.3) is 0 Å². The molecule has 1 fully saturated rings. The van der Waals surface area contributed by atoms with Crippen LogP contribution in [0.1, 0.15) is 12.5 Å². The van der Waals surface area contributed by atoms with Gasteiger partial charge in [-0.05, 0) is 18.6 Å². The Hall–Kier alpha value is -1.07.